The van der Waals surface area contributed by atoms with E-state index < -0.39 is 5.97 Å². The number of aryl methyl sites for hydroxylation is 1. The Morgan fingerprint density at radius 1 is 1.18 bits per heavy atom. The average molecular weight is 299 g/mol. The van der Waals surface area contributed by atoms with Crippen LogP contribution in [0.2, 0.25) is 0 Å². The maximum atomic E-state index is 12.2. The van der Waals surface area contributed by atoms with Crippen LogP contribution in [0.3, 0.4) is 0 Å². The first kappa shape index (κ1) is 16.0. The topological polar surface area (TPSA) is 48.3 Å². The number of esters is 1. The Morgan fingerprint density at radius 3 is 2.45 bits per heavy atom. The van der Waals surface area contributed by atoms with Crippen molar-refractivity contribution < 1.29 is 9.53 Å². The lowest BCUT2D eigenvalue weighted by molar-refractivity contribution is 0.0522. The lowest BCUT2D eigenvalue weighted by Crippen LogP contribution is -2.26. The average Bonchev–Trinajstić information content (AvgIpc) is 2.50. The first-order valence-corrected chi connectivity index (χ1v) is 7.52. The van der Waals surface area contributed by atoms with E-state index in [1.54, 1.807) is 6.92 Å². The van der Waals surface area contributed by atoms with Crippen LogP contribution in [-0.2, 0) is 17.7 Å². The number of aromatic nitrogens is 1. The number of ether oxygens (including phenoxy) is 1. The smallest absolute Gasteiger partial charge is 0.343 e. The Hall–Kier alpha value is -2.36. The molecule has 1 heterocycles. The molecular weight excluding hydrogens is 278 g/mol. The molecule has 2 rings (SSSR count). The van der Waals surface area contributed by atoms with Crippen molar-refractivity contribution in [3.63, 3.8) is 0 Å². The molecular formula is C18H21NO3. The highest BCUT2D eigenvalue weighted by atomic mass is 16.5. The fourth-order valence-corrected chi connectivity index (χ4v) is 2.61. The summed E-state index contributed by atoms with van der Waals surface area (Å²) in [5.41, 5.74) is 2.59. The van der Waals surface area contributed by atoms with Gasteiger partial charge >= 0.3 is 5.97 Å². The van der Waals surface area contributed by atoms with Gasteiger partial charge in [0.15, 0.2) is 5.43 Å². The van der Waals surface area contributed by atoms with Gasteiger partial charge in [-0.2, -0.15) is 0 Å². The van der Waals surface area contributed by atoms with E-state index in [-0.39, 0.29) is 17.6 Å². The number of benzene rings is 1. The first-order chi connectivity index (χ1) is 10.6. The second-order valence-electron chi connectivity index (χ2n) is 5.12. The molecule has 2 aromatic rings. The van der Waals surface area contributed by atoms with Crippen LogP contribution < -0.4 is 5.43 Å². The molecule has 0 atom stereocenters. The predicted octanol–water partition coefficient (Wildman–Crippen LogP) is 2.94. The summed E-state index contributed by atoms with van der Waals surface area (Å²) in [5.74, 6) is -0.536. The molecule has 0 radical (unpaired) electrons. The summed E-state index contributed by atoms with van der Waals surface area (Å²) >= 11 is 0. The molecule has 1 aromatic carbocycles. The van der Waals surface area contributed by atoms with E-state index in [2.05, 4.69) is 0 Å². The molecule has 0 aliphatic carbocycles. The second-order valence-corrected chi connectivity index (χ2v) is 5.12. The van der Waals surface area contributed by atoms with Crippen molar-refractivity contribution in [1.29, 1.82) is 0 Å². The van der Waals surface area contributed by atoms with Crippen LogP contribution in [0.5, 0.6) is 0 Å². The van der Waals surface area contributed by atoms with Crippen molar-refractivity contribution in [3.8, 4) is 0 Å². The summed E-state index contributed by atoms with van der Waals surface area (Å²) < 4.78 is 7.06. The Labute approximate surface area is 130 Å². The van der Waals surface area contributed by atoms with Crippen LogP contribution in [0.1, 0.15) is 41.2 Å². The molecule has 4 nitrogen and oxygen atoms in total. The van der Waals surface area contributed by atoms with Gasteiger partial charge in [0, 0.05) is 24.0 Å². The summed E-state index contributed by atoms with van der Waals surface area (Å²) in [7, 11) is 0. The molecule has 0 saturated heterocycles. The van der Waals surface area contributed by atoms with Gasteiger partial charge in [-0.25, -0.2) is 4.79 Å². The molecule has 0 unspecified atom stereocenters. The van der Waals surface area contributed by atoms with Gasteiger partial charge < -0.3 is 9.30 Å². The number of nitrogens with zero attached hydrogens (tertiary/aromatic N) is 1. The molecule has 0 amide bonds. The molecule has 22 heavy (non-hydrogen) atoms. The van der Waals surface area contributed by atoms with Gasteiger partial charge in [-0.3, -0.25) is 4.79 Å². The van der Waals surface area contributed by atoms with Gasteiger partial charge in [-0.15, -0.1) is 0 Å². The van der Waals surface area contributed by atoms with Crippen LogP contribution >= 0.6 is 0 Å². The molecule has 0 saturated carbocycles. The fourth-order valence-electron chi connectivity index (χ4n) is 2.61. The van der Waals surface area contributed by atoms with E-state index in [1.807, 2.05) is 48.7 Å². The van der Waals surface area contributed by atoms with Crippen LogP contribution in [0.25, 0.3) is 0 Å². The van der Waals surface area contributed by atoms with Crippen molar-refractivity contribution in [1.82, 2.24) is 4.57 Å². The van der Waals surface area contributed by atoms with Crippen molar-refractivity contribution >= 4 is 5.97 Å². The molecule has 4 heteroatoms. The molecule has 0 aliphatic heterocycles. The number of pyridine rings is 1. The highest BCUT2D eigenvalue weighted by Crippen LogP contribution is 2.14. The standard InChI is InChI=1S/C18H21NO3/c1-4-15-17(18(21)22-5-2)16(20)11-13(3)19(15)12-14-9-7-6-8-10-14/h6-11H,4-5,12H2,1-3H3. The van der Waals surface area contributed by atoms with E-state index in [4.69, 9.17) is 4.74 Å². The minimum atomic E-state index is -0.536. The zero-order chi connectivity index (χ0) is 16.1. The highest BCUT2D eigenvalue weighted by Gasteiger charge is 2.20. The monoisotopic (exact) mass is 299 g/mol. The lowest BCUT2D eigenvalue weighted by atomic mass is 10.1. The fraction of sp³-hybridized carbons (Fsp3) is 0.333. The van der Waals surface area contributed by atoms with Crippen LogP contribution in [0, 0.1) is 6.92 Å². The normalized spacial score (nSPS) is 10.5. The van der Waals surface area contributed by atoms with Crippen molar-refractivity contribution in [2.45, 2.75) is 33.7 Å². The Kier molecular flexibility index (Phi) is 5.15. The molecule has 0 fully saturated rings. The van der Waals surface area contributed by atoms with Gasteiger partial charge in [0.25, 0.3) is 0 Å². The first-order valence-electron chi connectivity index (χ1n) is 7.52. The minimum absolute atomic E-state index is 0.158. The summed E-state index contributed by atoms with van der Waals surface area (Å²) in [4.78, 5) is 24.4. The highest BCUT2D eigenvalue weighted by molar-refractivity contribution is 5.90. The number of carbonyl (C=O) groups is 1. The van der Waals surface area contributed by atoms with Crippen LogP contribution in [0.15, 0.2) is 41.2 Å². The van der Waals surface area contributed by atoms with Gasteiger partial charge in [0.2, 0.25) is 0 Å². The maximum absolute atomic E-state index is 12.2. The molecule has 0 bridgehead atoms. The van der Waals surface area contributed by atoms with E-state index in [0.29, 0.717) is 13.0 Å². The molecule has 116 valence electrons. The lowest BCUT2D eigenvalue weighted by Gasteiger charge is -2.19. The third kappa shape index (κ3) is 3.27. The minimum Gasteiger partial charge on any atom is -0.462 e. The number of hydrogen-bond acceptors (Lipinski definition) is 3. The number of hydrogen-bond donors (Lipinski definition) is 0. The third-order valence-corrected chi connectivity index (χ3v) is 3.62. The molecule has 0 N–H and O–H groups in total. The van der Waals surface area contributed by atoms with E-state index in [9.17, 15) is 9.59 Å². The summed E-state index contributed by atoms with van der Waals surface area (Å²) in [6.45, 7) is 6.45. The Morgan fingerprint density at radius 2 is 1.86 bits per heavy atom. The van der Waals surface area contributed by atoms with Crippen molar-refractivity contribution in [2.24, 2.45) is 0 Å². The summed E-state index contributed by atoms with van der Waals surface area (Å²) in [6.07, 6.45) is 0.595. The van der Waals surface area contributed by atoms with Gasteiger partial charge in [-0.05, 0) is 25.8 Å². The molecule has 0 aliphatic rings. The zero-order valence-electron chi connectivity index (χ0n) is 13.3. The van der Waals surface area contributed by atoms with E-state index >= 15 is 0 Å². The third-order valence-electron chi connectivity index (χ3n) is 3.62. The molecule has 1 aromatic heterocycles. The molecule has 0 spiro atoms. The second kappa shape index (κ2) is 7.07. The number of rotatable bonds is 5. The largest absolute Gasteiger partial charge is 0.462 e. The SMILES string of the molecule is CCOC(=O)c1c(CC)n(Cc2ccccc2)c(C)cc1=O. The van der Waals surface area contributed by atoms with Gasteiger partial charge in [-0.1, -0.05) is 37.3 Å². The van der Waals surface area contributed by atoms with Crippen LogP contribution in [0.4, 0.5) is 0 Å². The Bertz CT molecular complexity index is 717. The number of carbonyl (C=O) groups excluding carboxylic acids is 1. The zero-order valence-corrected chi connectivity index (χ0v) is 13.3. The van der Waals surface area contributed by atoms with Crippen molar-refractivity contribution in [3.05, 3.63) is 69.1 Å². The van der Waals surface area contributed by atoms with Crippen molar-refractivity contribution in [2.75, 3.05) is 6.61 Å². The summed E-state index contributed by atoms with van der Waals surface area (Å²) in [6, 6.07) is 11.5. The predicted molar refractivity (Wildman–Crippen MR) is 86.3 cm³/mol. The quantitative estimate of drug-likeness (QED) is 0.798. The van der Waals surface area contributed by atoms with Gasteiger partial charge in [0.1, 0.15) is 5.56 Å². The van der Waals surface area contributed by atoms with E-state index in [0.717, 1.165) is 17.0 Å². The van der Waals surface area contributed by atoms with Crippen LogP contribution in [-0.4, -0.2) is 17.1 Å². The van der Waals surface area contributed by atoms with E-state index in [1.165, 1.54) is 6.07 Å². The van der Waals surface area contributed by atoms with Gasteiger partial charge in [0.05, 0.1) is 6.61 Å². The maximum Gasteiger partial charge on any atom is 0.343 e. The summed E-state index contributed by atoms with van der Waals surface area (Å²) in [5, 5.41) is 0. The Balaban J connectivity index is 2.56.